The van der Waals surface area contributed by atoms with E-state index in [-0.39, 0.29) is 4.90 Å². The number of hydrogen-bond acceptors (Lipinski definition) is 3. The van der Waals surface area contributed by atoms with E-state index in [2.05, 4.69) is 4.72 Å². The number of hydrogen-bond donors (Lipinski definition) is 2. The lowest BCUT2D eigenvalue weighted by molar-refractivity contribution is 0.600. The summed E-state index contributed by atoms with van der Waals surface area (Å²) in [5.74, 6) is 0. The molecule has 0 aliphatic carbocycles. The molecule has 2 rings (SSSR count). The zero-order chi connectivity index (χ0) is 15.8. The predicted octanol–water partition coefficient (Wildman–Crippen LogP) is 3.30. The van der Waals surface area contributed by atoms with E-state index in [1.807, 2.05) is 26.0 Å². The molecule has 0 spiro atoms. The van der Waals surface area contributed by atoms with Gasteiger partial charge in [0.25, 0.3) is 10.0 Å². The van der Waals surface area contributed by atoms with Crippen LogP contribution in [0, 0.1) is 27.7 Å². The van der Waals surface area contributed by atoms with Crippen molar-refractivity contribution in [2.75, 3.05) is 10.5 Å². The molecule has 21 heavy (non-hydrogen) atoms. The van der Waals surface area contributed by atoms with Gasteiger partial charge in [0.15, 0.2) is 0 Å². The zero-order valence-corrected chi connectivity index (χ0v) is 13.5. The summed E-state index contributed by atoms with van der Waals surface area (Å²) in [6.45, 7) is 7.25. The van der Waals surface area contributed by atoms with Crippen molar-refractivity contribution in [3.63, 3.8) is 0 Å². The van der Waals surface area contributed by atoms with E-state index in [4.69, 9.17) is 5.73 Å². The average Bonchev–Trinajstić information content (AvgIpc) is 2.39. The number of sulfonamides is 1. The maximum Gasteiger partial charge on any atom is 0.262 e. The van der Waals surface area contributed by atoms with Crippen molar-refractivity contribution in [1.29, 1.82) is 0 Å². The highest BCUT2D eigenvalue weighted by Gasteiger charge is 2.22. The van der Waals surface area contributed by atoms with E-state index in [0.717, 1.165) is 16.7 Å². The van der Waals surface area contributed by atoms with E-state index in [1.165, 1.54) is 0 Å². The van der Waals surface area contributed by atoms with Crippen LogP contribution in [-0.4, -0.2) is 8.42 Å². The van der Waals surface area contributed by atoms with Gasteiger partial charge in [-0.1, -0.05) is 18.2 Å². The summed E-state index contributed by atoms with van der Waals surface area (Å²) in [5.41, 5.74) is 10.0. The van der Waals surface area contributed by atoms with Crippen molar-refractivity contribution in [2.45, 2.75) is 32.6 Å². The minimum absolute atomic E-state index is 0.267. The Kier molecular flexibility index (Phi) is 3.96. The second-order valence-electron chi connectivity index (χ2n) is 5.28. The van der Waals surface area contributed by atoms with Gasteiger partial charge in [-0.05, 0) is 62.1 Å². The van der Waals surface area contributed by atoms with Crippen LogP contribution in [0.3, 0.4) is 0 Å². The van der Waals surface area contributed by atoms with Gasteiger partial charge < -0.3 is 5.73 Å². The number of nitrogens with two attached hydrogens (primary N) is 1. The van der Waals surface area contributed by atoms with Gasteiger partial charge in [-0.2, -0.15) is 0 Å². The van der Waals surface area contributed by atoms with Crippen molar-refractivity contribution >= 4 is 21.4 Å². The third-order valence-electron chi connectivity index (χ3n) is 3.74. The number of rotatable bonds is 3. The number of aryl methyl sites for hydroxylation is 2. The van der Waals surface area contributed by atoms with E-state index in [9.17, 15) is 8.42 Å². The molecule has 0 saturated heterocycles. The first-order valence-electron chi connectivity index (χ1n) is 6.68. The first kappa shape index (κ1) is 15.4. The third kappa shape index (κ3) is 2.88. The first-order valence-corrected chi connectivity index (χ1v) is 8.17. The number of nitrogen functional groups attached to an aromatic ring is 1. The molecule has 0 aliphatic rings. The van der Waals surface area contributed by atoms with Gasteiger partial charge in [0.1, 0.15) is 0 Å². The Morgan fingerprint density at radius 3 is 2.19 bits per heavy atom. The molecule has 0 saturated carbocycles. The normalized spacial score (nSPS) is 11.4. The summed E-state index contributed by atoms with van der Waals surface area (Å²) in [5, 5.41) is 0. The maximum absolute atomic E-state index is 12.7. The van der Waals surface area contributed by atoms with Crippen LogP contribution in [0.15, 0.2) is 35.2 Å². The molecule has 0 amide bonds. The van der Waals surface area contributed by atoms with Crippen LogP contribution in [0.25, 0.3) is 0 Å². The first-order chi connectivity index (χ1) is 9.74. The van der Waals surface area contributed by atoms with Gasteiger partial charge in [0.2, 0.25) is 0 Å². The van der Waals surface area contributed by atoms with Gasteiger partial charge in [-0.3, -0.25) is 4.72 Å². The van der Waals surface area contributed by atoms with Crippen LogP contribution in [0.1, 0.15) is 22.3 Å². The maximum atomic E-state index is 12.7. The Balaban J connectivity index is 2.58. The van der Waals surface area contributed by atoms with Crippen molar-refractivity contribution in [3.8, 4) is 0 Å². The van der Waals surface area contributed by atoms with Crippen molar-refractivity contribution < 1.29 is 8.42 Å². The predicted molar refractivity (Wildman–Crippen MR) is 87.1 cm³/mol. The summed E-state index contributed by atoms with van der Waals surface area (Å²) >= 11 is 0. The monoisotopic (exact) mass is 304 g/mol. The standard InChI is InChI=1S/C16H20N2O2S/c1-10-7-5-6-8-15(10)18-21(19,20)16-12(3)11(2)9-14(17)13(16)4/h5-9,18H,17H2,1-4H3. The number of benzene rings is 2. The molecule has 0 aliphatic heterocycles. The lowest BCUT2D eigenvalue weighted by Gasteiger charge is -2.17. The minimum atomic E-state index is -3.67. The van der Waals surface area contributed by atoms with Crippen molar-refractivity contribution in [3.05, 3.63) is 52.6 Å². The van der Waals surface area contributed by atoms with Gasteiger partial charge >= 0.3 is 0 Å². The minimum Gasteiger partial charge on any atom is -0.398 e. The molecule has 2 aromatic carbocycles. The summed E-state index contributed by atoms with van der Waals surface area (Å²) < 4.78 is 28.1. The van der Waals surface area contributed by atoms with E-state index < -0.39 is 10.0 Å². The smallest absolute Gasteiger partial charge is 0.262 e. The molecule has 5 heteroatoms. The SMILES string of the molecule is Cc1ccccc1NS(=O)(=O)c1c(C)c(C)cc(N)c1C. The fourth-order valence-corrected chi connectivity index (χ4v) is 4.03. The molecule has 0 fully saturated rings. The summed E-state index contributed by atoms with van der Waals surface area (Å²) in [4.78, 5) is 0.267. The molecular formula is C16H20N2O2S. The second kappa shape index (κ2) is 5.41. The summed E-state index contributed by atoms with van der Waals surface area (Å²) in [7, 11) is -3.67. The average molecular weight is 304 g/mol. The second-order valence-corrected chi connectivity index (χ2v) is 6.90. The molecule has 3 N–H and O–H groups in total. The molecule has 0 aromatic heterocycles. The number of para-hydroxylation sites is 1. The van der Waals surface area contributed by atoms with Crippen LogP contribution in [-0.2, 0) is 10.0 Å². The Morgan fingerprint density at radius 1 is 0.952 bits per heavy atom. The van der Waals surface area contributed by atoms with Gasteiger partial charge in [-0.25, -0.2) is 8.42 Å². The summed E-state index contributed by atoms with van der Waals surface area (Å²) in [6, 6.07) is 9.08. The lowest BCUT2D eigenvalue weighted by atomic mass is 10.1. The van der Waals surface area contributed by atoms with Gasteiger partial charge in [-0.15, -0.1) is 0 Å². The molecule has 0 unspecified atom stereocenters. The highest BCUT2D eigenvalue weighted by molar-refractivity contribution is 7.92. The van der Waals surface area contributed by atoms with Crippen LogP contribution in [0.2, 0.25) is 0 Å². The largest absolute Gasteiger partial charge is 0.398 e. The molecule has 112 valence electrons. The van der Waals surface area contributed by atoms with Gasteiger partial charge in [0, 0.05) is 5.69 Å². The molecule has 0 atom stereocenters. The molecule has 0 radical (unpaired) electrons. The topological polar surface area (TPSA) is 72.2 Å². The quantitative estimate of drug-likeness (QED) is 0.855. The highest BCUT2D eigenvalue weighted by atomic mass is 32.2. The highest BCUT2D eigenvalue weighted by Crippen LogP contribution is 2.29. The Morgan fingerprint density at radius 2 is 1.57 bits per heavy atom. The van der Waals surface area contributed by atoms with Crippen LogP contribution in [0.5, 0.6) is 0 Å². The lowest BCUT2D eigenvalue weighted by Crippen LogP contribution is -2.17. The number of anilines is 2. The van der Waals surface area contributed by atoms with E-state index >= 15 is 0 Å². The van der Waals surface area contributed by atoms with E-state index in [1.54, 1.807) is 32.0 Å². The fourth-order valence-electron chi connectivity index (χ4n) is 2.33. The molecule has 0 bridgehead atoms. The fraction of sp³-hybridized carbons (Fsp3) is 0.250. The Bertz CT molecular complexity index is 770. The van der Waals surface area contributed by atoms with E-state index in [0.29, 0.717) is 16.9 Å². The molecule has 2 aromatic rings. The Hall–Kier alpha value is -2.01. The van der Waals surface area contributed by atoms with Crippen molar-refractivity contribution in [2.24, 2.45) is 0 Å². The van der Waals surface area contributed by atoms with Crippen molar-refractivity contribution in [1.82, 2.24) is 0 Å². The van der Waals surface area contributed by atoms with Crippen LogP contribution >= 0.6 is 0 Å². The van der Waals surface area contributed by atoms with Gasteiger partial charge in [0.05, 0.1) is 10.6 Å². The van der Waals surface area contributed by atoms with Crippen LogP contribution in [0.4, 0.5) is 11.4 Å². The van der Waals surface area contributed by atoms with Crippen LogP contribution < -0.4 is 10.5 Å². The molecular weight excluding hydrogens is 284 g/mol. The Labute approximate surface area is 126 Å². The third-order valence-corrected chi connectivity index (χ3v) is 5.37. The molecule has 4 nitrogen and oxygen atoms in total. The number of nitrogens with one attached hydrogen (secondary N) is 1. The zero-order valence-electron chi connectivity index (χ0n) is 12.7. The molecule has 0 heterocycles. The summed E-state index contributed by atoms with van der Waals surface area (Å²) in [6.07, 6.45) is 0.